The molecule has 0 aliphatic heterocycles. The normalized spacial score (nSPS) is 12.2. The molecule has 1 heterocycles. The third-order valence-electron chi connectivity index (χ3n) is 2.79. The smallest absolute Gasteiger partial charge is 0.0938 e. The molecule has 0 saturated heterocycles. The summed E-state index contributed by atoms with van der Waals surface area (Å²) in [7, 11) is 0. The van der Waals surface area contributed by atoms with Crippen molar-refractivity contribution < 1.29 is 0 Å². The molecule has 0 bridgehead atoms. The first-order valence-electron chi connectivity index (χ1n) is 6.81. The maximum Gasteiger partial charge on any atom is 0.0938 e. The van der Waals surface area contributed by atoms with Crippen LogP contribution in [0.5, 0.6) is 0 Å². The van der Waals surface area contributed by atoms with Gasteiger partial charge in [0, 0.05) is 27.4 Å². The molecule has 0 radical (unpaired) electrons. The fourth-order valence-corrected chi connectivity index (χ4v) is 3.23. The van der Waals surface area contributed by atoms with Crippen molar-refractivity contribution in [2.45, 2.75) is 50.3 Å². The van der Waals surface area contributed by atoms with E-state index in [0.29, 0.717) is 6.04 Å². The SMILES string of the molecule is CC(C)n1ccc(-c2cccc(SC(C)(C)C)c2Cl)n1. The molecule has 1 aromatic carbocycles. The number of nitrogens with zero attached hydrogens (tertiary/aromatic N) is 2. The van der Waals surface area contributed by atoms with Gasteiger partial charge in [-0.3, -0.25) is 4.68 Å². The van der Waals surface area contributed by atoms with Crippen molar-refractivity contribution in [3.8, 4) is 11.3 Å². The highest BCUT2D eigenvalue weighted by atomic mass is 35.5. The van der Waals surface area contributed by atoms with Crippen LogP contribution in [0.4, 0.5) is 0 Å². The largest absolute Gasteiger partial charge is 0.270 e. The molecule has 0 N–H and O–H groups in total. The van der Waals surface area contributed by atoms with Crippen molar-refractivity contribution in [2.75, 3.05) is 0 Å². The van der Waals surface area contributed by atoms with Crippen molar-refractivity contribution in [3.05, 3.63) is 35.5 Å². The molecule has 0 amide bonds. The van der Waals surface area contributed by atoms with E-state index in [2.05, 4.69) is 45.8 Å². The Kier molecular flexibility index (Phi) is 4.50. The summed E-state index contributed by atoms with van der Waals surface area (Å²) in [5.41, 5.74) is 1.93. The summed E-state index contributed by atoms with van der Waals surface area (Å²) in [5, 5.41) is 5.39. The number of benzene rings is 1. The van der Waals surface area contributed by atoms with Crippen LogP contribution < -0.4 is 0 Å². The number of hydrogen-bond acceptors (Lipinski definition) is 2. The van der Waals surface area contributed by atoms with E-state index >= 15 is 0 Å². The van der Waals surface area contributed by atoms with Gasteiger partial charge in [0.05, 0.1) is 10.7 Å². The Morgan fingerprint density at radius 2 is 1.90 bits per heavy atom. The van der Waals surface area contributed by atoms with Gasteiger partial charge in [0.1, 0.15) is 0 Å². The average Bonchev–Trinajstić information content (AvgIpc) is 2.79. The first-order valence-corrected chi connectivity index (χ1v) is 8.00. The lowest BCUT2D eigenvalue weighted by atomic mass is 10.1. The van der Waals surface area contributed by atoms with E-state index in [1.165, 1.54) is 0 Å². The molecular formula is C16H21ClN2S. The molecule has 0 fully saturated rings. The molecule has 0 aliphatic carbocycles. The Bertz CT molecular complexity index is 597. The third kappa shape index (κ3) is 3.58. The highest BCUT2D eigenvalue weighted by molar-refractivity contribution is 8.00. The summed E-state index contributed by atoms with van der Waals surface area (Å²) in [6.45, 7) is 10.8. The second-order valence-electron chi connectivity index (χ2n) is 6.11. The Hall–Kier alpha value is -0.930. The minimum absolute atomic E-state index is 0.138. The van der Waals surface area contributed by atoms with Crippen molar-refractivity contribution in [1.29, 1.82) is 0 Å². The first kappa shape index (κ1) is 15.5. The maximum atomic E-state index is 6.57. The van der Waals surface area contributed by atoms with Gasteiger partial charge in [0.15, 0.2) is 0 Å². The second kappa shape index (κ2) is 5.82. The fraction of sp³-hybridized carbons (Fsp3) is 0.438. The van der Waals surface area contributed by atoms with Crippen LogP contribution in [0.2, 0.25) is 5.02 Å². The molecule has 0 aliphatic rings. The molecule has 20 heavy (non-hydrogen) atoms. The lowest BCUT2D eigenvalue weighted by molar-refractivity contribution is 0.534. The fourth-order valence-electron chi connectivity index (χ4n) is 1.89. The first-order chi connectivity index (χ1) is 9.28. The van der Waals surface area contributed by atoms with Gasteiger partial charge in [0.2, 0.25) is 0 Å². The topological polar surface area (TPSA) is 17.8 Å². The predicted molar refractivity (Wildman–Crippen MR) is 88.7 cm³/mol. The van der Waals surface area contributed by atoms with Gasteiger partial charge in [-0.2, -0.15) is 5.10 Å². The maximum absolute atomic E-state index is 6.57. The number of hydrogen-bond donors (Lipinski definition) is 0. The predicted octanol–water partition coefficient (Wildman–Crippen LogP) is 5.68. The van der Waals surface area contributed by atoms with Crippen molar-refractivity contribution >= 4 is 23.4 Å². The quantitative estimate of drug-likeness (QED) is 0.679. The Morgan fingerprint density at radius 3 is 2.45 bits per heavy atom. The van der Waals surface area contributed by atoms with Crippen LogP contribution in [0.3, 0.4) is 0 Å². The standard InChI is InChI=1S/C16H21ClN2S/c1-11(2)19-10-9-13(18-19)12-7-6-8-14(15(12)17)20-16(3,4)5/h6-11H,1-5H3. The Labute approximate surface area is 130 Å². The molecule has 4 heteroatoms. The van der Waals surface area contributed by atoms with Crippen LogP contribution in [0, 0.1) is 0 Å². The molecule has 0 spiro atoms. The van der Waals surface area contributed by atoms with Crippen molar-refractivity contribution in [3.63, 3.8) is 0 Å². The molecule has 2 aromatic rings. The van der Waals surface area contributed by atoms with Crippen LogP contribution in [-0.4, -0.2) is 14.5 Å². The number of thioether (sulfide) groups is 1. The van der Waals surface area contributed by atoms with Crippen LogP contribution in [0.1, 0.15) is 40.7 Å². The highest BCUT2D eigenvalue weighted by Crippen LogP contribution is 2.40. The van der Waals surface area contributed by atoms with Gasteiger partial charge in [-0.1, -0.05) is 44.5 Å². The van der Waals surface area contributed by atoms with E-state index in [-0.39, 0.29) is 4.75 Å². The summed E-state index contributed by atoms with van der Waals surface area (Å²) in [6, 6.07) is 8.52. The zero-order valence-corrected chi connectivity index (χ0v) is 14.2. The van der Waals surface area contributed by atoms with Crippen LogP contribution >= 0.6 is 23.4 Å². The molecule has 0 unspecified atom stereocenters. The average molecular weight is 309 g/mol. The van der Waals surface area contributed by atoms with E-state index in [4.69, 9.17) is 11.6 Å². The van der Waals surface area contributed by atoms with Gasteiger partial charge < -0.3 is 0 Å². The Balaban J connectivity index is 2.39. The van der Waals surface area contributed by atoms with Gasteiger partial charge in [0.25, 0.3) is 0 Å². The van der Waals surface area contributed by atoms with Crippen molar-refractivity contribution in [2.24, 2.45) is 0 Å². The zero-order valence-electron chi connectivity index (χ0n) is 12.6. The van der Waals surface area contributed by atoms with Gasteiger partial charge >= 0.3 is 0 Å². The van der Waals surface area contributed by atoms with Gasteiger partial charge in [-0.25, -0.2) is 0 Å². The van der Waals surface area contributed by atoms with Crippen LogP contribution in [-0.2, 0) is 0 Å². The van der Waals surface area contributed by atoms with E-state index in [1.807, 2.05) is 29.1 Å². The summed E-state index contributed by atoms with van der Waals surface area (Å²) in [6.07, 6.45) is 2.00. The molecule has 0 atom stereocenters. The summed E-state index contributed by atoms with van der Waals surface area (Å²) in [4.78, 5) is 1.11. The van der Waals surface area contributed by atoms with Gasteiger partial charge in [-0.15, -0.1) is 11.8 Å². The Morgan fingerprint density at radius 1 is 1.20 bits per heavy atom. The monoisotopic (exact) mass is 308 g/mol. The minimum Gasteiger partial charge on any atom is -0.270 e. The number of rotatable bonds is 3. The van der Waals surface area contributed by atoms with Crippen LogP contribution in [0.25, 0.3) is 11.3 Å². The molecule has 1 aromatic heterocycles. The van der Waals surface area contributed by atoms with Gasteiger partial charge in [-0.05, 0) is 26.0 Å². The number of halogens is 1. The summed E-state index contributed by atoms with van der Waals surface area (Å²) >= 11 is 8.35. The van der Waals surface area contributed by atoms with E-state index < -0.39 is 0 Å². The lowest BCUT2D eigenvalue weighted by Gasteiger charge is -2.19. The molecule has 2 nitrogen and oxygen atoms in total. The minimum atomic E-state index is 0.138. The molecular weight excluding hydrogens is 288 g/mol. The van der Waals surface area contributed by atoms with Crippen LogP contribution in [0.15, 0.2) is 35.4 Å². The highest BCUT2D eigenvalue weighted by Gasteiger charge is 2.17. The summed E-state index contributed by atoms with van der Waals surface area (Å²) in [5.74, 6) is 0. The molecule has 108 valence electrons. The lowest BCUT2D eigenvalue weighted by Crippen LogP contribution is -2.06. The summed E-state index contributed by atoms with van der Waals surface area (Å²) < 4.78 is 2.09. The molecule has 0 saturated carbocycles. The number of aromatic nitrogens is 2. The van der Waals surface area contributed by atoms with E-state index in [1.54, 1.807) is 11.8 Å². The second-order valence-corrected chi connectivity index (χ2v) is 8.35. The van der Waals surface area contributed by atoms with E-state index in [9.17, 15) is 0 Å². The van der Waals surface area contributed by atoms with E-state index in [0.717, 1.165) is 21.2 Å². The zero-order chi connectivity index (χ0) is 14.9. The third-order valence-corrected chi connectivity index (χ3v) is 4.48. The van der Waals surface area contributed by atoms with Crippen molar-refractivity contribution in [1.82, 2.24) is 9.78 Å². The molecule has 2 rings (SSSR count).